The van der Waals surface area contributed by atoms with Crippen molar-refractivity contribution in [3.05, 3.63) is 0 Å². The monoisotopic (exact) mass is 201 g/mol. The molecule has 1 amide bonds. The SMILES string of the molecule is C[C@H](OCCC(=O)NC1CC1)C(=O)O. The number of carboxylic acid groups (broad SMARTS) is 1. The van der Waals surface area contributed by atoms with Gasteiger partial charge in [-0.15, -0.1) is 0 Å². The van der Waals surface area contributed by atoms with Crippen molar-refractivity contribution >= 4 is 11.9 Å². The maximum absolute atomic E-state index is 11.1. The number of aliphatic carboxylic acids is 1. The Balaban J connectivity index is 2.01. The van der Waals surface area contributed by atoms with Crippen LogP contribution in [0.3, 0.4) is 0 Å². The van der Waals surface area contributed by atoms with E-state index in [9.17, 15) is 9.59 Å². The third-order valence-corrected chi connectivity index (χ3v) is 1.99. The Morgan fingerprint density at radius 1 is 1.57 bits per heavy atom. The Hall–Kier alpha value is -1.10. The number of carboxylic acids is 1. The second kappa shape index (κ2) is 4.95. The zero-order chi connectivity index (χ0) is 10.6. The van der Waals surface area contributed by atoms with Crippen LogP contribution < -0.4 is 5.32 Å². The van der Waals surface area contributed by atoms with E-state index >= 15 is 0 Å². The van der Waals surface area contributed by atoms with Crippen molar-refractivity contribution in [1.29, 1.82) is 0 Å². The molecular formula is C9H15NO4. The molecule has 0 radical (unpaired) electrons. The van der Waals surface area contributed by atoms with Crippen LogP contribution in [-0.4, -0.2) is 35.7 Å². The van der Waals surface area contributed by atoms with Crippen molar-refractivity contribution in [1.82, 2.24) is 5.32 Å². The number of hydrogen-bond acceptors (Lipinski definition) is 3. The predicted molar refractivity (Wildman–Crippen MR) is 48.8 cm³/mol. The highest BCUT2D eigenvalue weighted by atomic mass is 16.5. The van der Waals surface area contributed by atoms with Gasteiger partial charge in [-0.25, -0.2) is 4.79 Å². The predicted octanol–water partition coefficient (Wildman–Crippen LogP) is 0.145. The van der Waals surface area contributed by atoms with E-state index in [0.717, 1.165) is 12.8 Å². The van der Waals surface area contributed by atoms with Crippen LogP contribution in [0, 0.1) is 0 Å². The molecule has 80 valence electrons. The van der Waals surface area contributed by atoms with Crippen LogP contribution in [0.15, 0.2) is 0 Å². The summed E-state index contributed by atoms with van der Waals surface area (Å²) in [5, 5.41) is 11.3. The minimum absolute atomic E-state index is 0.0647. The molecule has 0 unspecified atom stereocenters. The summed E-state index contributed by atoms with van der Waals surface area (Å²) < 4.78 is 4.92. The molecule has 1 fully saturated rings. The highest BCUT2D eigenvalue weighted by Gasteiger charge is 2.23. The van der Waals surface area contributed by atoms with Crippen LogP contribution in [0.1, 0.15) is 26.2 Å². The number of ether oxygens (including phenoxy) is 1. The van der Waals surface area contributed by atoms with E-state index < -0.39 is 12.1 Å². The Morgan fingerprint density at radius 2 is 2.21 bits per heavy atom. The quantitative estimate of drug-likeness (QED) is 0.641. The van der Waals surface area contributed by atoms with Gasteiger partial charge in [0.25, 0.3) is 0 Å². The molecule has 1 aliphatic carbocycles. The van der Waals surface area contributed by atoms with Crippen LogP contribution in [0.25, 0.3) is 0 Å². The number of carbonyl (C=O) groups excluding carboxylic acids is 1. The number of rotatable bonds is 6. The van der Waals surface area contributed by atoms with Crippen LogP contribution >= 0.6 is 0 Å². The average Bonchev–Trinajstić information content (AvgIpc) is 2.87. The normalized spacial score (nSPS) is 17.5. The summed E-state index contributed by atoms with van der Waals surface area (Å²) in [6.07, 6.45) is 1.49. The van der Waals surface area contributed by atoms with Crippen molar-refractivity contribution in [2.75, 3.05) is 6.61 Å². The first-order valence-electron chi connectivity index (χ1n) is 4.73. The molecule has 0 aromatic rings. The molecule has 0 aliphatic heterocycles. The zero-order valence-corrected chi connectivity index (χ0v) is 8.16. The van der Waals surface area contributed by atoms with Crippen molar-refractivity contribution < 1.29 is 19.4 Å². The van der Waals surface area contributed by atoms with Crippen molar-refractivity contribution in [2.45, 2.75) is 38.3 Å². The lowest BCUT2D eigenvalue weighted by Crippen LogP contribution is -2.28. The van der Waals surface area contributed by atoms with Gasteiger partial charge in [-0.05, 0) is 19.8 Å². The maximum atomic E-state index is 11.1. The fourth-order valence-electron chi connectivity index (χ4n) is 0.927. The Kier molecular flexibility index (Phi) is 3.88. The van der Waals surface area contributed by atoms with Gasteiger partial charge in [0.1, 0.15) is 0 Å². The van der Waals surface area contributed by atoms with Gasteiger partial charge in [-0.2, -0.15) is 0 Å². The zero-order valence-electron chi connectivity index (χ0n) is 8.16. The van der Waals surface area contributed by atoms with Crippen LogP contribution in [-0.2, 0) is 14.3 Å². The second-order valence-corrected chi connectivity index (χ2v) is 3.44. The first kappa shape index (κ1) is 11.0. The number of hydrogen-bond donors (Lipinski definition) is 2. The second-order valence-electron chi connectivity index (χ2n) is 3.44. The Morgan fingerprint density at radius 3 is 2.71 bits per heavy atom. The molecule has 0 heterocycles. The number of carbonyl (C=O) groups is 2. The fraction of sp³-hybridized carbons (Fsp3) is 0.778. The first-order chi connectivity index (χ1) is 6.59. The smallest absolute Gasteiger partial charge is 0.332 e. The van der Waals surface area contributed by atoms with Crippen molar-refractivity contribution in [3.63, 3.8) is 0 Å². The van der Waals surface area contributed by atoms with E-state index in [1.54, 1.807) is 0 Å². The summed E-state index contributed by atoms with van der Waals surface area (Å²) >= 11 is 0. The molecule has 0 saturated heterocycles. The summed E-state index contributed by atoms with van der Waals surface area (Å²) in [6, 6.07) is 0.347. The molecule has 1 rings (SSSR count). The van der Waals surface area contributed by atoms with Gasteiger partial charge in [0, 0.05) is 12.5 Å². The van der Waals surface area contributed by atoms with Crippen LogP contribution in [0.2, 0.25) is 0 Å². The van der Waals surface area contributed by atoms with Crippen molar-refractivity contribution in [3.8, 4) is 0 Å². The topological polar surface area (TPSA) is 75.6 Å². The van der Waals surface area contributed by atoms with E-state index in [1.165, 1.54) is 6.92 Å². The van der Waals surface area contributed by atoms with Gasteiger partial charge in [0.15, 0.2) is 6.10 Å². The molecule has 1 atom stereocenters. The van der Waals surface area contributed by atoms with Gasteiger partial charge >= 0.3 is 5.97 Å². The molecule has 1 aliphatic rings. The number of amides is 1. The summed E-state index contributed by atoms with van der Waals surface area (Å²) in [5.74, 6) is -1.07. The van der Waals surface area contributed by atoms with Gasteiger partial charge < -0.3 is 15.2 Å². The lowest BCUT2D eigenvalue weighted by Gasteiger charge is -2.07. The van der Waals surface area contributed by atoms with Crippen LogP contribution in [0.4, 0.5) is 0 Å². The summed E-state index contributed by atoms with van der Waals surface area (Å²) in [6.45, 7) is 1.60. The third kappa shape index (κ3) is 4.23. The summed E-state index contributed by atoms with van der Waals surface area (Å²) in [7, 11) is 0. The van der Waals surface area contributed by atoms with E-state index in [-0.39, 0.29) is 18.9 Å². The summed E-state index contributed by atoms with van der Waals surface area (Å²) in [4.78, 5) is 21.4. The lowest BCUT2D eigenvalue weighted by atomic mass is 10.4. The fourth-order valence-corrected chi connectivity index (χ4v) is 0.927. The molecule has 0 bridgehead atoms. The largest absolute Gasteiger partial charge is 0.479 e. The number of nitrogens with one attached hydrogen (secondary N) is 1. The molecule has 0 aromatic carbocycles. The van der Waals surface area contributed by atoms with E-state index in [4.69, 9.17) is 9.84 Å². The lowest BCUT2D eigenvalue weighted by molar-refractivity contribution is -0.149. The van der Waals surface area contributed by atoms with Crippen molar-refractivity contribution in [2.24, 2.45) is 0 Å². The minimum atomic E-state index is -1.01. The minimum Gasteiger partial charge on any atom is -0.479 e. The standard InChI is InChI=1S/C9H15NO4/c1-6(9(12)13)14-5-4-8(11)10-7-2-3-7/h6-7H,2-5H2,1H3,(H,10,11)(H,12,13)/t6-/m0/s1. The Labute approximate surface area is 82.4 Å². The molecular weight excluding hydrogens is 186 g/mol. The van der Waals surface area contributed by atoms with E-state index in [1.807, 2.05) is 0 Å². The van der Waals surface area contributed by atoms with Gasteiger partial charge in [0.05, 0.1) is 6.61 Å². The third-order valence-electron chi connectivity index (χ3n) is 1.99. The van der Waals surface area contributed by atoms with E-state index in [2.05, 4.69) is 5.32 Å². The van der Waals surface area contributed by atoms with Crippen LogP contribution in [0.5, 0.6) is 0 Å². The van der Waals surface area contributed by atoms with E-state index in [0.29, 0.717) is 6.04 Å². The van der Waals surface area contributed by atoms with Gasteiger partial charge in [-0.1, -0.05) is 0 Å². The summed E-state index contributed by atoms with van der Waals surface area (Å²) in [5.41, 5.74) is 0. The average molecular weight is 201 g/mol. The first-order valence-corrected chi connectivity index (χ1v) is 4.73. The molecule has 1 saturated carbocycles. The maximum Gasteiger partial charge on any atom is 0.332 e. The van der Waals surface area contributed by atoms with Gasteiger partial charge in [-0.3, -0.25) is 4.79 Å². The van der Waals surface area contributed by atoms with Gasteiger partial charge in [0.2, 0.25) is 5.91 Å². The molecule has 2 N–H and O–H groups in total. The molecule has 5 heteroatoms. The molecule has 0 spiro atoms. The highest BCUT2D eigenvalue weighted by Crippen LogP contribution is 2.18. The molecule has 14 heavy (non-hydrogen) atoms. The Bertz CT molecular complexity index is 225. The highest BCUT2D eigenvalue weighted by molar-refractivity contribution is 5.76. The molecule has 5 nitrogen and oxygen atoms in total. The molecule has 0 aromatic heterocycles.